The van der Waals surface area contributed by atoms with Gasteiger partial charge in [0.1, 0.15) is 5.58 Å². The molecule has 2 N–H and O–H groups in total. The number of aromatic amines is 1. The fourth-order valence-electron chi connectivity index (χ4n) is 4.36. The predicted molar refractivity (Wildman–Crippen MR) is 108 cm³/mol. The lowest BCUT2D eigenvalue weighted by Crippen LogP contribution is -2.26. The summed E-state index contributed by atoms with van der Waals surface area (Å²) in [4.78, 5) is 3.62. The molecule has 0 saturated carbocycles. The Balaban J connectivity index is 1.63. The standard InChI is InChI=1S/C23H24N2O/c1-2-18-19-13-16(15-9-11-24-12-10-15)7-8-20(19)25-23(18)22-14-17-5-3-4-6-21(17)26-22/h3-8,13-15,24-25H,2,9-12H2,1H3. The van der Waals surface area contributed by atoms with Crippen molar-refractivity contribution in [2.24, 2.45) is 0 Å². The van der Waals surface area contributed by atoms with Crippen molar-refractivity contribution in [2.45, 2.75) is 32.1 Å². The number of hydrogen-bond donors (Lipinski definition) is 2. The summed E-state index contributed by atoms with van der Waals surface area (Å²) in [5.41, 5.74) is 6.11. The van der Waals surface area contributed by atoms with Crippen molar-refractivity contribution in [3.8, 4) is 11.5 Å². The Bertz CT molecular complexity index is 1030. The second-order valence-corrected chi connectivity index (χ2v) is 7.31. The maximum Gasteiger partial charge on any atom is 0.151 e. The van der Waals surface area contributed by atoms with E-state index in [1.54, 1.807) is 0 Å². The number of hydrogen-bond acceptors (Lipinski definition) is 2. The molecule has 0 atom stereocenters. The first-order chi connectivity index (χ1) is 12.8. The molecule has 132 valence electrons. The van der Waals surface area contributed by atoms with E-state index in [9.17, 15) is 0 Å². The molecular formula is C23H24N2O. The Labute approximate surface area is 153 Å². The van der Waals surface area contributed by atoms with Crippen LogP contribution in [0.5, 0.6) is 0 Å². The number of benzene rings is 2. The lowest BCUT2D eigenvalue weighted by molar-refractivity contribution is 0.460. The number of piperidine rings is 1. The van der Waals surface area contributed by atoms with Crippen LogP contribution in [0.2, 0.25) is 0 Å². The molecule has 3 heterocycles. The topological polar surface area (TPSA) is 41.0 Å². The summed E-state index contributed by atoms with van der Waals surface area (Å²) in [6, 6.07) is 17.3. The zero-order valence-electron chi connectivity index (χ0n) is 15.1. The van der Waals surface area contributed by atoms with Crippen molar-refractivity contribution < 1.29 is 4.42 Å². The minimum Gasteiger partial charge on any atom is -0.455 e. The third-order valence-corrected chi connectivity index (χ3v) is 5.77. The molecule has 0 spiro atoms. The Kier molecular flexibility index (Phi) is 3.83. The van der Waals surface area contributed by atoms with Crippen molar-refractivity contribution in [3.05, 3.63) is 59.7 Å². The predicted octanol–water partition coefficient (Wildman–Crippen LogP) is 5.61. The van der Waals surface area contributed by atoms with Crippen LogP contribution in [0, 0.1) is 0 Å². The molecule has 1 aliphatic heterocycles. The van der Waals surface area contributed by atoms with Gasteiger partial charge >= 0.3 is 0 Å². The molecule has 3 heteroatoms. The van der Waals surface area contributed by atoms with Crippen LogP contribution in [0.4, 0.5) is 0 Å². The quantitative estimate of drug-likeness (QED) is 0.507. The van der Waals surface area contributed by atoms with Gasteiger partial charge in [0.15, 0.2) is 5.76 Å². The molecule has 5 rings (SSSR count). The largest absolute Gasteiger partial charge is 0.455 e. The number of aromatic nitrogens is 1. The zero-order valence-corrected chi connectivity index (χ0v) is 15.1. The molecule has 0 bridgehead atoms. The Morgan fingerprint density at radius 3 is 2.69 bits per heavy atom. The highest BCUT2D eigenvalue weighted by Crippen LogP contribution is 2.36. The zero-order chi connectivity index (χ0) is 17.5. The summed E-state index contributed by atoms with van der Waals surface area (Å²) in [5.74, 6) is 1.61. The highest BCUT2D eigenvalue weighted by atomic mass is 16.3. The number of aryl methyl sites for hydroxylation is 1. The normalized spacial score (nSPS) is 15.9. The second kappa shape index (κ2) is 6.33. The Hall–Kier alpha value is -2.52. The van der Waals surface area contributed by atoms with Crippen LogP contribution in [0.3, 0.4) is 0 Å². The fourth-order valence-corrected chi connectivity index (χ4v) is 4.36. The first kappa shape index (κ1) is 15.7. The van der Waals surface area contributed by atoms with Crippen molar-refractivity contribution in [1.82, 2.24) is 10.3 Å². The van der Waals surface area contributed by atoms with Gasteiger partial charge in [-0.1, -0.05) is 31.2 Å². The molecule has 2 aromatic carbocycles. The van der Waals surface area contributed by atoms with Crippen LogP contribution >= 0.6 is 0 Å². The van der Waals surface area contributed by atoms with Crippen molar-refractivity contribution in [1.29, 1.82) is 0 Å². The average Bonchev–Trinajstić information content (AvgIpc) is 3.29. The minimum atomic E-state index is 0.676. The van der Waals surface area contributed by atoms with Gasteiger partial charge in [-0.2, -0.15) is 0 Å². The van der Waals surface area contributed by atoms with Crippen LogP contribution in [-0.4, -0.2) is 18.1 Å². The third kappa shape index (κ3) is 2.55. The molecule has 0 radical (unpaired) electrons. The molecule has 2 aromatic heterocycles. The molecule has 1 saturated heterocycles. The lowest BCUT2D eigenvalue weighted by atomic mass is 9.89. The first-order valence-electron chi connectivity index (χ1n) is 9.67. The summed E-state index contributed by atoms with van der Waals surface area (Å²) < 4.78 is 6.13. The number of para-hydroxylation sites is 1. The van der Waals surface area contributed by atoms with E-state index in [2.05, 4.69) is 53.6 Å². The van der Waals surface area contributed by atoms with E-state index in [-0.39, 0.29) is 0 Å². The van der Waals surface area contributed by atoms with Crippen molar-refractivity contribution in [2.75, 3.05) is 13.1 Å². The van der Waals surface area contributed by atoms with Gasteiger partial charge in [0.25, 0.3) is 0 Å². The molecule has 1 fully saturated rings. The smallest absolute Gasteiger partial charge is 0.151 e. The summed E-state index contributed by atoms with van der Waals surface area (Å²) >= 11 is 0. The monoisotopic (exact) mass is 344 g/mol. The van der Waals surface area contributed by atoms with Crippen LogP contribution in [0.25, 0.3) is 33.3 Å². The van der Waals surface area contributed by atoms with Gasteiger partial charge in [0.05, 0.1) is 5.69 Å². The van der Waals surface area contributed by atoms with Crippen LogP contribution in [-0.2, 0) is 6.42 Å². The van der Waals surface area contributed by atoms with Gasteiger partial charge < -0.3 is 14.7 Å². The number of fused-ring (bicyclic) bond motifs is 2. The van der Waals surface area contributed by atoms with E-state index >= 15 is 0 Å². The van der Waals surface area contributed by atoms with Crippen LogP contribution in [0.1, 0.15) is 36.8 Å². The highest BCUT2D eigenvalue weighted by molar-refractivity contribution is 5.92. The molecule has 0 aliphatic carbocycles. The van der Waals surface area contributed by atoms with E-state index < -0.39 is 0 Å². The van der Waals surface area contributed by atoms with E-state index in [0.717, 1.165) is 41.9 Å². The number of rotatable bonds is 3. The number of nitrogens with one attached hydrogen (secondary N) is 2. The summed E-state index contributed by atoms with van der Waals surface area (Å²) in [6.45, 7) is 4.48. The van der Waals surface area contributed by atoms with Gasteiger partial charge in [-0.15, -0.1) is 0 Å². The van der Waals surface area contributed by atoms with Gasteiger partial charge in [0.2, 0.25) is 0 Å². The van der Waals surface area contributed by atoms with E-state index in [1.165, 1.54) is 34.9 Å². The van der Waals surface area contributed by atoms with Crippen LogP contribution < -0.4 is 5.32 Å². The summed E-state index contributed by atoms with van der Waals surface area (Å²) in [7, 11) is 0. The molecule has 1 aliphatic rings. The molecule has 0 amide bonds. The molecule has 4 aromatic rings. The van der Waals surface area contributed by atoms with Crippen molar-refractivity contribution in [3.63, 3.8) is 0 Å². The van der Waals surface area contributed by atoms with E-state index in [4.69, 9.17) is 4.42 Å². The maximum atomic E-state index is 6.13. The molecular weight excluding hydrogens is 320 g/mol. The SMILES string of the molecule is CCc1c(-c2cc3ccccc3o2)[nH]c2ccc(C3CCNCC3)cc12. The van der Waals surface area contributed by atoms with E-state index in [1.807, 2.05) is 12.1 Å². The second-order valence-electron chi connectivity index (χ2n) is 7.31. The molecule has 26 heavy (non-hydrogen) atoms. The Morgan fingerprint density at radius 1 is 1.04 bits per heavy atom. The minimum absolute atomic E-state index is 0.676. The summed E-state index contributed by atoms with van der Waals surface area (Å²) in [6.07, 6.45) is 3.45. The van der Waals surface area contributed by atoms with Gasteiger partial charge in [0, 0.05) is 16.3 Å². The number of H-pyrrole nitrogens is 1. The maximum absolute atomic E-state index is 6.13. The first-order valence-corrected chi connectivity index (χ1v) is 9.67. The Morgan fingerprint density at radius 2 is 1.88 bits per heavy atom. The van der Waals surface area contributed by atoms with Crippen LogP contribution in [0.15, 0.2) is 52.9 Å². The van der Waals surface area contributed by atoms with E-state index in [0.29, 0.717) is 5.92 Å². The van der Waals surface area contributed by atoms with Gasteiger partial charge in [-0.3, -0.25) is 0 Å². The third-order valence-electron chi connectivity index (χ3n) is 5.77. The summed E-state index contributed by atoms with van der Waals surface area (Å²) in [5, 5.41) is 5.96. The molecule has 0 unspecified atom stereocenters. The molecule has 3 nitrogen and oxygen atoms in total. The van der Waals surface area contributed by atoms with Gasteiger partial charge in [-0.05, 0) is 73.7 Å². The number of furan rings is 1. The average molecular weight is 344 g/mol. The fraction of sp³-hybridized carbons (Fsp3) is 0.304. The highest BCUT2D eigenvalue weighted by Gasteiger charge is 2.19. The lowest BCUT2D eigenvalue weighted by Gasteiger charge is -2.23. The van der Waals surface area contributed by atoms with Crippen molar-refractivity contribution >= 4 is 21.9 Å². The van der Waals surface area contributed by atoms with Gasteiger partial charge in [-0.25, -0.2) is 0 Å².